The highest BCUT2D eigenvalue weighted by Crippen LogP contribution is 2.32. The molecule has 3 aromatic rings. The number of carbonyl (C=O) groups excluding carboxylic acids is 1. The maximum atomic E-state index is 13.0. The minimum absolute atomic E-state index is 0.0553. The molecule has 0 atom stereocenters. The van der Waals surface area contributed by atoms with Crippen molar-refractivity contribution in [3.63, 3.8) is 0 Å². The largest absolute Gasteiger partial charge is 0.397 e. The Bertz CT molecular complexity index is 1190. The fraction of sp³-hybridized carbons (Fsp3) is 0.273. The van der Waals surface area contributed by atoms with E-state index in [0.717, 1.165) is 28.7 Å². The number of amides is 1. The summed E-state index contributed by atoms with van der Waals surface area (Å²) in [5.74, 6) is -1.48. The summed E-state index contributed by atoms with van der Waals surface area (Å²) in [6.45, 7) is 0.882. The highest BCUT2D eigenvalue weighted by molar-refractivity contribution is 7.92. The van der Waals surface area contributed by atoms with Gasteiger partial charge in [0.25, 0.3) is 0 Å². The number of rotatable bonds is 4. The van der Waals surface area contributed by atoms with Gasteiger partial charge in [-0.25, -0.2) is 12.8 Å². The van der Waals surface area contributed by atoms with E-state index < -0.39 is 27.3 Å². The zero-order valence-corrected chi connectivity index (χ0v) is 17.1. The molecule has 1 aliphatic rings. The van der Waals surface area contributed by atoms with Crippen LogP contribution in [0.25, 0.3) is 10.9 Å². The van der Waals surface area contributed by atoms with Crippen LogP contribution < -0.4 is 5.73 Å². The van der Waals surface area contributed by atoms with Gasteiger partial charge in [0.1, 0.15) is 11.6 Å². The summed E-state index contributed by atoms with van der Waals surface area (Å²) in [6, 6.07) is 14.2. The topological polar surface area (TPSA) is 93.4 Å². The SMILES string of the molecule is Nc1cc2ccccc2nc1C1CCN(C(=O)CS(=O)(=O)c2ccc(F)cc2)CC1. The highest BCUT2D eigenvalue weighted by Gasteiger charge is 2.29. The molecule has 4 rings (SSSR count). The molecule has 1 amide bonds. The van der Waals surface area contributed by atoms with E-state index in [4.69, 9.17) is 10.7 Å². The number of piperidine rings is 1. The number of pyridine rings is 1. The molecule has 2 N–H and O–H groups in total. The Labute approximate surface area is 174 Å². The second kappa shape index (κ2) is 8.02. The molecular formula is C22H22FN3O3S. The molecule has 1 fully saturated rings. The average Bonchev–Trinajstić information content (AvgIpc) is 2.73. The van der Waals surface area contributed by atoms with Crippen molar-refractivity contribution in [2.75, 3.05) is 24.6 Å². The lowest BCUT2D eigenvalue weighted by atomic mass is 9.91. The first-order valence-electron chi connectivity index (χ1n) is 9.75. The summed E-state index contributed by atoms with van der Waals surface area (Å²) < 4.78 is 37.9. The molecule has 1 saturated heterocycles. The van der Waals surface area contributed by atoms with Crippen molar-refractivity contribution in [1.82, 2.24) is 9.88 Å². The van der Waals surface area contributed by atoms with Crippen molar-refractivity contribution in [3.8, 4) is 0 Å². The summed E-state index contributed by atoms with van der Waals surface area (Å²) >= 11 is 0. The number of nitrogens with two attached hydrogens (primary N) is 1. The van der Waals surface area contributed by atoms with Crippen LogP contribution in [0.15, 0.2) is 59.5 Å². The number of likely N-dealkylation sites (tertiary alicyclic amines) is 1. The zero-order chi connectivity index (χ0) is 21.3. The van der Waals surface area contributed by atoms with Crippen LogP contribution in [0.5, 0.6) is 0 Å². The molecule has 8 heteroatoms. The predicted molar refractivity (Wildman–Crippen MR) is 113 cm³/mol. The summed E-state index contributed by atoms with van der Waals surface area (Å²) in [4.78, 5) is 18.8. The number of carbonyl (C=O) groups is 1. The van der Waals surface area contributed by atoms with Crippen LogP contribution in [0.3, 0.4) is 0 Å². The minimum Gasteiger partial charge on any atom is -0.397 e. The van der Waals surface area contributed by atoms with Gasteiger partial charge in [0.2, 0.25) is 5.91 Å². The van der Waals surface area contributed by atoms with Crippen molar-refractivity contribution in [3.05, 3.63) is 66.1 Å². The molecule has 1 aliphatic heterocycles. The second-order valence-electron chi connectivity index (χ2n) is 7.52. The molecule has 1 aromatic heterocycles. The monoisotopic (exact) mass is 427 g/mol. The molecule has 2 aromatic carbocycles. The number of hydrogen-bond acceptors (Lipinski definition) is 5. The Kier molecular flexibility index (Phi) is 5.42. The van der Waals surface area contributed by atoms with Crippen LogP contribution in [0.1, 0.15) is 24.5 Å². The summed E-state index contributed by atoms with van der Waals surface area (Å²) in [7, 11) is -3.81. The van der Waals surface area contributed by atoms with Crippen molar-refractivity contribution in [2.24, 2.45) is 0 Å². The maximum Gasteiger partial charge on any atom is 0.238 e. The van der Waals surface area contributed by atoms with E-state index >= 15 is 0 Å². The molecule has 0 spiro atoms. The Morgan fingerprint density at radius 3 is 2.47 bits per heavy atom. The van der Waals surface area contributed by atoms with Gasteiger partial charge in [0.15, 0.2) is 9.84 Å². The molecule has 30 heavy (non-hydrogen) atoms. The average molecular weight is 428 g/mol. The number of nitrogen functional groups attached to an aromatic ring is 1. The van der Waals surface area contributed by atoms with Gasteiger partial charge < -0.3 is 10.6 Å². The van der Waals surface area contributed by atoms with Crippen LogP contribution in [-0.2, 0) is 14.6 Å². The van der Waals surface area contributed by atoms with Crippen LogP contribution in [0.4, 0.5) is 10.1 Å². The van der Waals surface area contributed by atoms with Gasteiger partial charge in [-0.1, -0.05) is 18.2 Å². The van der Waals surface area contributed by atoms with Crippen LogP contribution in [0, 0.1) is 5.82 Å². The van der Waals surface area contributed by atoms with E-state index in [2.05, 4.69) is 0 Å². The quantitative estimate of drug-likeness (QED) is 0.646. The zero-order valence-electron chi connectivity index (χ0n) is 16.3. The van der Waals surface area contributed by atoms with Crippen LogP contribution >= 0.6 is 0 Å². The Morgan fingerprint density at radius 2 is 1.77 bits per heavy atom. The summed E-state index contributed by atoms with van der Waals surface area (Å²) in [6.07, 6.45) is 1.33. The number of para-hydroxylation sites is 1. The Balaban J connectivity index is 1.42. The van der Waals surface area contributed by atoms with E-state index in [0.29, 0.717) is 31.6 Å². The summed E-state index contributed by atoms with van der Waals surface area (Å²) in [5, 5.41) is 0.984. The highest BCUT2D eigenvalue weighted by atomic mass is 32.2. The molecule has 0 aliphatic carbocycles. The van der Waals surface area contributed by atoms with Gasteiger partial charge in [-0.15, -0.1) is 0 Å². The number of nitrogens with zero attached hydrogens (tertiary/aromatic N) is 2. The van der Waals surface area contributed by atoms with Crippen molar-refractivity contribution in [2.45, 2.75) is 23.7 Å². The number of anilines is 1. The number of benzene rings is 2. The molecular weight excluding hydrogens is 405 g/mol. The molecule has 156 valence electrons. The third-order valence-electron chi connectivity index (χ3n) is 5.51. The normalized spacial score (nSPS) is 15.4. The van der Waals surface area contributed by atoms with E-state index in [1.807, 2.05) is 30.3 Å². The predicted octanol–water partition coefficient (Wildman–Crippen LogP) is 3.14. The second-order valence-corrected chi connectivity index (χ2v) is 9.51. The standard InChI is InChI=1S/C22H22FN3O3S/c23-17-5-7-18(8-6-17)30(28,29)14-21(27)26-11-9-15(10-12-26)22-19(24)13-16-3-1-2-4-20(16)25-22/h1-8,13,15H,9-12,14,24H2. The van der Waals surface area contributed by atoms with E-state index in [1.165, 1.54) is 12.1 Å². The summed E-state index contributed by atoms with van der Waals surface area (Å²) in [5.41, 5.74) is 8.57. The van der Waals surface area contributed by atoms with Crippen molar-refractivity contribution >= 4 is 32.3 Å². The first-order valence-corrected chi connectivity index (χ1v) is 11.4. The van der Waals surface area contributed by atoms with Gasteiger partial charge >= 0.3 is 0 Å². The van der Waals surface area contributed by atoms with Gasteiger partial charge in [-0.2, -0.15) is 0 Å². The van der Waals surface area contributed by atoms with E-state index in [9.17, 15) is 17.6 Å². The lowest BCUT2D eigenvalue weighted by molar-refractivity contribution is -0.129. The maximum absolute atomic E-state index is 13.0. The Morgan fingerprint density at radius 1 is 1.10 bits per heavy atom. The van der Waals surface area contributed by atoms with Gasteiger partial charge in [-0.3, -0.25) is 9.78 Å². The third-order valence-corrected chi connectivity index (χ3v) is 7.12. The lowest BCUT2D eigenvalue weighted by Crippen LogP contribution is -2.41. The smallest absolute Gasteiger partial charge is 0.238 e. The fourth-order valence-corrected chi connectivity index (χ4v) is 5.08. The van der Waals surface area contributed by atoms with E-state index in [1.54, 1.807) is 4.90 Å². The lowest BCUT2D eigenvalue weighted by Gasteiger charge is -2.32. The molecule has 0 saturated carbocycles. The van der Waals surface area contributed by atoms with Crippen LogP contribution in [0.2, 0.25) is 0 Å². The number of aromatic nitrogens is 1. The van der Waals surface area contributed by atoms with Crippen LogP contribution in [-0.4, -0.2) is 43.1 Å². The number of fused-ring (bicyclic) bond motifs is 1. The number of halogens is 1. The molecule has 2 heterocycles. The molecule has 0 bridgehead atoms. The first kappa shape index (κ1) is 20.3. The number of hydrogen-bond donors (Lipinski definition) is 1. The third kappa shape index (κ3) is 4.14. The van der Waals surface area contributed by atoms with Gasteiger partial charge in [-0.05, 0) is 49.2 Å². The minimum atomic E-state index is -3.81. The first-order chi connectivity index (χ1) is 14.3. The molecule has 6 nitrogen and oxygen atoms in total. The molecule has 0 radical (unpaired) electrons. The number of sulfone groups is 1. The van der Waals surface area contributed by atoms with Gasteiger partial charge in [0, 0.05) is 24.4 Å². The van der Waals surface area contributed by atoms with E-state index in [-0.39, 0.29) is 10.8 Å². The fourth-order valence-electron chi connectivity index (χ4n) is 3.86. The van der Waals surface area contributed by atoms with Gasteiger partial charge in [0.05, 0.1) is 21.8 Å². The molecule has 0 unspecified atom stereocenters. The van der Waals surface area contributed by atoms with Crippen molar-refractivity contribution in [1.29, 1.82) is 0 Å². The Hall–Kier alpha value is -3.00. The van der Waals surface area contributed by atoms with Crippen molar-refractivity contribution < 1.29 is 17.6 Å².